The maximum Gasteiger partial charge on any atom is 0.256 e. The third-order valence-electron chi connectivity index (χ3n) is 12.6. The zero-order valence-electron chi connectivity index (χ0n) is 38.1. The lowest BCUT2D eigenvalue weighted by Gasteiger charge is -2.07. The normalized spacial score (nSPS) is 11.7. The third kappa shape index (κ3) is 34.5. The van der Waals surface area contributed by atoms with Crippen molar-refractivity contribution in [3.8, 4) is 0 Å². The van der Waals surface area contributed by atoms with Crippen molar-refractivity contribution >= 4 is 0 Å². The summed E-state index contributed by atoms with van der Waals surface area (Å²) in [6.07, 6.45) is 68.3. The lowest BCUT2D eigenvalue weighted by atomic mass is 10.0. The van der Waals surface area contributed by atoms with Crippen molar-refractivity contribution in [2.75, 3.05) is 0 Å². The average molecular weight is 756 g/mol. The fourth-order valence-electron chi connectivity index (χ4n) is 8.80. The summed E-state index contributed by atoms with van der Waals surface area (Å²) in [5.74, 6) is 1.63. The molecule has 2 nitrogen and oxygen atoms in total. The molecule has 1 heterocycles. The van der Waals surface area contributed by atoms with Gasteiger partial charge in [-0.25, -0.2) is 9.13 Å². The summed E-state index contributed by atoms with van der Waals surface area (Å²) < 4.78 is 5.32. The summed E-state index contributed by atoms with van der Waals surface area (Å²) in [4.78, 5) is 0. The van der Waals surface area contributed by atoms with Crippen LogP contribution in [0.25, 0.3) is 0 Å². The summed E-state index contributed by atoms with van der Waals surface area (Å²) in [6, 6.07) is 0. The molecule has 1 aromatic heterocycles. The Balaban J connectivity index is 2.26. The van der Waals surface area contributed by atoms with E-state index in [1.807, 2.05) is 0 Å². The number of aromatic nitrogens is 2. The van der Waals surface area contributed by atoms with Gasteiger partial charge in [-0.2, -0.15) is 0 Å². The Morgan fingerprint density at radius 2 is 0.574 bits per heavy atom. The first-order valence-electron chi connectivity index (χ1n) is 25.9. The minimum atomic E-state index is 1.23. The Labute approximate surface area is 342 Å². The number of unbranched alkanes of at least 4 members (excludes halogenated alkanes) is 40. The van der Waals surface area contributed by atoms with E-state index in [0.717, 1.165) is 0 Å². The van der Waals surface area contributed by atoms with Crippen LogP contribution in [-0.4, -0.2) is 4.57 Å². The van der Waals surface area contributed by atoms with Gasteiger partial charge in [-0.3, -0.25) is 0 Å². The van der Waals surface area contributed by atoms with Crippen LogP contribution in [0.5, 0.6) is 0 Å². The highest BCUT2D eigenvalue weighted by Gasteiger charge is 2.16. The monoisotopic (exact) mass is 756 g/mol. The van der Waals surface area contributed by atoms with E-state index in [-0.39, 0.29) is 0 Å². The first-order valence-corrected chi connectivity index (χ1v) is 25.9. The van der Waals surface area contributed by atoms with E-state index in [0.29, 0.717) is 0 Å². The summed E-state index contributed by atoms with van der Waals surface area (Å²) >= 11 is 0. The maximum absolute atomic E-state index is 2.66. The van der Waals surface area contributed by atoms with E-state index in [4.69, 9.17) is 0 Å². The molecule has 0 atom stereocenters. The molecule has 0 N–H and O–H groups in total. The molecule has 2 heteroatoms. The molecule has 1 rings (SSSR count). The van der Waals surface area contributed by atoms with Gasteiger partial charge in [0.2, 0.25) is 0 Å². The Kier molecular flexibility index (Phi) is 41.1. The van der Waals surface area contributed by atoms with Crippen LogP contribution in [0.1, 0.15) is 303 Å². The van der Waals surface area contributed by atoms with Crippen LogP contribution in [0.2, 0.25) is 0 Å². The molecule has 0 spiro atoms. The average Bonchev–Trinajstić information content (AvgIpc) is 3.57. The van der Waals surface area contributed by atoms with Crippen molar-refractivity contribution < 1.29 is 4.57 Å². The predicted molar refractivity (Wildman–Crippen MR) is 244 cm³/mol. The second kappa shape index (κ2) is 43.3. The first-order chi connectivity index (χ1) is 26.8. The number of aryl methyl sites for hydroxylation is 2. The second-order valence-electron chi connectivity index (χ2n) is 18.0. The van der Waals surface area contributed by atoms with Gasteiger partial charge < -0.3 is 0 Å². The molecule has 0 aromatic carbocycles. The molecule has 0 amide bonds. The smallest absolute Gasteiger partial charge is 0.234 e. The molecule has 0 aliphatic rings. The molecular weight excluding hydrogens is 653 g/mol. The van der Waals surface area contributed by atoms with Crippen LogP contribution >= 0.6 is 0 Å². The molecule has 0 unspecified atom stereocenters. The van der Waals surface area contributed by atoms with Crippen LogP contribution < -0.4 is 4.57 Å². The molecule has 0 radical (unpaired) electrons. The second-order valence-corrected chi connectivity index (χ2v) is 18.0. The molecule has 0 saturated carbocycles. The minimum Gasteiger partial charge on any atom is -0.234 e. The molecular formula is C52H103N2+. The molecule has 0 bridgehead atoms. The maximum atomic E-state index is 2.66. The summed E-state index contributed by atoms with van der Waals surface area (Å²) in [5.41, 5.74) is 0. The quantitative estimate of drug-likeness (QED) is 0.0463. The summed E-state index contributed by atoms with van der Waals surface area (Å²) in [7, 11) is 0. The van der Waals surface area contributed by atoms with Gasteiger partial charge in [-0.15, -0.1) is 0 Å². The van der Waals surface area contributed by atoms with Crippen molar-refractivity contribution in [1.29, 1.82) is 0 Å². The lowest BCUT2D eigenvalue weighted by Crippen LogP contribution is -2.37. The van der Waals surface area contributed by atoms with Gasteiger partial charge in [-0.05, 0) is 32.1 Å². The highest BCUT2D eigenvalue weighted by Crippen LogP contribution is 2.17. The van der Waals surface area contributed by atoms with Crippen molar-refractivity contribution in [2.24, 2.45) is 0 Å². The van der Waals surface area contributed by atoms with E-state index in [1.54, 1.807) is 5.82 Å². The summed E-state index contributed by atoms with van der Waals surface area (Å²) in [6.45, 7) is 9.42. The fourth-order valence-corrected chi connectivity index (χ4v) is 8.80. The predicted octanol–water partition coefficient (Wildman–Crippen LogP) is 18.2. The molecule has 320 valence electrons. The number of hydrogen-bond donors (Lipinski definition) is 0. The van der Waals surface area contributed by atoms with Crippen LogP contribution in [0.4, 0.5) is 0 Å². The zero-order valence-corrected chi connectivity index (χ0v) is 38.1. The van der Waals surface area contributed by atoms with E-state index in [1.165, 1.54) is 296 Å². The van der Waals surface area contributed by atoms with Crippen LogP contribution in [0.15, 0.2) is 12.4 Å². The highest BCUT2D eigenvalue weighted by atomic mass is 15.1. The molecule has 0 aliphatic carbocycles. The Hall–Kier alpha value is -0.790. The van der Waals surface area contributed by atoms with E-state index in [9.17, 15) is 0 Å². The van der Waals surface area contributed by atoms with Gasteiger partial charge in [0.15, 0.2) is 0 Å². The molecule has 1 aromatic rings. The van der Waals surface area contributed by atoms with Crippen LogP contribution in [0, 0.1) is 0 Å². The van der Waals surface area contributed by atoms with Crippen molar-refractivity contribution in [3.05, 3.63) is 18.2 Å². The minimum absolute atomic E-state index is 1.23. The zero-order chi connectivity index (χ0) is 38.7. The van der Waals surface area contributed by atoms with Gasteiger partial charge in [0.25, 0.3) is 5.82 Å². The lowest BCUT2D eigenvalue weighted by molar-refractivity contribution is -0.704. The fraction of sp³-hybridized carbons (Fsp3) is 0.942. The number of imidazole rings is 1. The highest BCUT2D eigenvalue weighted by molar-refractivity contribution is 4.84. The van der Waals surface area contributed by atoms with Crippen molar-refractivity contribution in [1.82, 2.24) is 4.57 Å². The SMILES string of the molecule is CCCCCCCCCCCCCCCCCn1cc[n+](CCCCCCCCCCCCCCCC)c1CCCCCCCCCCCCCCCC. The van der Waals surface area contributed by atoms with Crippen LogP contribution in [-0.2, 0) is 19.5 Å². The molecule has 0 aliphatic heterocycles. The van der Waals surface area contributed by atoms with Gasteiger partial charge in [0.05, 0.1) is 13.1 Å². The van der Waals surface area contributed by atoms with Gasteiger partial charge in [-0.1, -0.05) is 265 Å². The van der Waals surface area contributed by atoms with Gasteiger partial charge in [0.1, 0.15) is 12.4 Å². The largest absolute Gasteiger partial charge is 0.256 e. The van der Waals surface area contributed by atoms with Gasteiger partial charge in [0, 0.05) is 6.42 Å². The van der Waals surface area contributed by atoms with Crippen molar-refractivity contribution in [2.45, 2.75) is 316 Å². The van der Waals surface area contributed by atoms with Crippen LogP contribution in [0.3, 0.4) is 0 Å². The van der Waals surface area contributed by atoms with E-state index in [2.05, 4.69) is 42.3 Å². The van der Waals surface area contributed by atoms with E-state index >= 15 is 0 Å². The Morgan fingerprint density at radius 1 is 0.315 bits per heavy atom. The topological polar surface area (TPSA) is 8.81 Å². The Bertz CT molecular complexity index is 826. The van der Waals surface area contributed by atoms with E-state index < -0.39 is 0 Å². The number of rotatable bonds is 46. The summed E-state index contributed by atoms with van der Waals surface area (Å²) in [5, 5.41) is 0. The first kappa shape index (κ1) is 51.2. The Morgan fingerprint density at radius 3 is 0.889 bits per heavy atom. The van der Waals surface area contributed by atoms with Gasteiger partial charge >= 0.3 is 0 Å². The van der Waals surface area contributed by atoms with Crippen molar-refractivity contribution in [3.63, 3.8) is 0 Å². The third-order valence-corrected chi connectivity index (χ3v) is 12.6. The standard InChI is InChI=1S/C52H103N2/c1-4-7-10-13-16-19-22-25-28-31-34-37-40-43-46-49-54-51-50-53(48-45-42-39-36-33-30-27-24-21-18-15-12-9-6-3)52(54)47-44-41-38-35-32-29-26-23-20-17-14-11-8-5-2/h50-51H,4-49H2,1-3H3/q+1. The molecule has 54 heavy (non-hydrogen) atoms. The number of nitrogens with zero attached hydrogens (tertiary/aromatic N) is 2. The molecule has 0 saturated heterocycles. The molecule has 0 fully saturated rings. The number of hydrogen-bond acceptors (Lipinski definition) is 0.